The first-order valence-corrected chi connectivity index (χ1v) is 7.51. The molecule has 1 aliphatic rings. The first kappa shape index (κ1) is 15.8. The Morgan fingerprint density at radius 2 is 2.19 bits per heavy atom. The molecule has 1 aliphatic heterocycles. The number of thiocarbonyl (C=S) groups is 1. The van der Waals surface area contributed by atoms with Gasteiger partial charge in [-0.3, -0.25) is 4.79 Å². The number of rotatable bonds is 3. The maximum absolute atomic E-state index is 12.1. The molecule has 0 aromatic heterocycles. The van der Waals surface area contributed by atoms with Crippen molar-refractivity contribution in [2.24, 2.45) is 0 Å². The summed E-state index contributed by atoms with van der Waals surface area (Å²) in [6.07, 6.45) is 0. The largest absolute Gasteiger partial charge is 0.496 e. The maximum Gasteiger partial charge on any atom is 0.251 e. The van der Waals surface area contributed by atoms with E-state index in [-0.39, 0.29) is 11.9 Å². The molecule has 0 aliphatic carbocycles. The Kier molecular flexibility index (Phi) is 4.84. The number of carbonyl (C=O) groups is 1. The van der Waals surface area contributed by atoms with Crippen LogP contribution < -0.4 is 20.7 Å². The fraction of sp³-hybridized carbons (Fsp3) is 0.286. The molecule has 0 fully saturated rings. The van der Waals surface area contributed by atoms with Gasteiger partial charge in [0.25, 0.3) is 5.91 Å². The fourth-order valence-corrected chi connectivity index (χ4v) is 3.07. The monoisotopic (exact) mass is 369 g/mol. The molecule has 0 saturated carbocycles. The van der Waals surface area contributed by atoms with E-state index < -0.39 is 0 Å². The number of allylic oxidation sites excluding steroid dienone is 1. The Balaban J connectivity index is 2.48. The molecule has 5 nitrogen and oxygen atoms in total. The van der Waals surface area contributed by atoms with E-state index in [0.29, 0.717) is 10.7 Å². The number of benzene rings is 1. The van der Waals surface area contributed by atoms with E-state index in [1.165, 1.54) is 0 Å². The van der Waals surface area contributed by atoms with Crippen molar-refractivity contribution < 1.29 is 9.53 Å². The van der Waals surface area contributed by atoms with Gasteiger partial charge in [0.2, 0.25) is 0 Å². The molecular weight excluding hydrogens is 354 g/mol. The van der Waals surface area contributed by atoms with Crippen molar-refractivity contribution in [3.8, 4) is 5.75 Å². The zero-order valence-corrected chi connectivity index (χ0v) is 14.3. The van der Waals surface area contributed by atoms with Gasteiger partial charge in [0, 0.05) is 12.7 Å². The predicted molar refractivity (Wildman–Crippen MR) is 89.1 cm³/mol. The van der Waals surface area contributed by atoms with E-state index in [0.717, 1.165) is 21.5 Å². The number of methoxy groups -OCH3 is 1. The summed E-state index contributed by atoms with van der Waals surface area (Å²) in [5.41, 5.74) is 2.28. The van der Waals surface area contributed by atoms with E-state index in [9.17, 15) is 4.79 Å². The van der Waals surface area contributed by atoms with E-state index >= 15 is 0 Å². The van der Waals surface area contributed by atoms with Crippen LogP contribution in [0.1, 0.15) is 18.5 Å². The highest BCUT2D eigenvalue weighted by Gasteiger charge is 2.29. The topological polar surface area (TPSA) is 62.4 Å². The summed E-state index contributed by atoms with van der Waals surface area (Å²) >= 11 is 8.65. The van der Waals surface area contributed by atoms with Crippen LogP contribution in [0.5, 0.6) is 5.75 Å². The summed E-state index contributed by atoms with van der Waals surface area (Å²) in [5, 5.41) is 9.27. The van der Waals surface area contributed by atoms with Crippen molar-refractivity contribution >= 4 is 39.2 Å². The molecule has 3 N–H and O–H groups in total. The molecule has 2 rings (SSSR count). The van der Waals surface area contributed by atoms with Gasteiger partial charge in [-0.1, -0.05) is 6.07 Å². The predicted octanol–water partition coefficient (Wildman–Crippen LogP) is 2.00. The lowest BCUT2D eigenvalue weighted by Crippen LogP contribution is -2.46. The zero-order valence-electron chi connectivity index (χ0n) is 11.9. The van der Waals surface area contributed by atoms with Gasteiger partial charge in [-0.05, 0) is 52.8 Å². The number of hydrogen-bond donors (Lipinski definition) is 3. The molecule has 1 unspecified atom stereocenters. The van der Waals surface area contributed by atoms with Crippen LogP contribution in [0.2, 0.25) is 0 Å². The minimum atomic E-state index is -0.305. The van der Waals surface area contributed by atoms with Crippen molar-refractivity contribution in [2.75, 3.05) is 14.2 Å². The first-order valence-electron chi connectivity index (χ1n) is 6.31. The highest BCUT2D eigenvalue weighted by Crippen LogP contribution is 2.32. The van der Waals surface area contributed by atoms with Crippen LogP contribution in [0, 0.1) is 0 Å². The molecule has 1 heterocycles. The van der Waals surface area contributed by atoms with Crippen LogP contribution in [-0.4, -0.2) is 25.2 Å². The highest BCUT2D eigenvalue weighted by atomic mass is 79.9. The van der Waals surface area contributed by atoms with Crippen LogP contribution in [0.25, 0.3) is 0 Å². The summed E-state index contributed by atoms with van der Waals surface area (Å²) in [6.45, 7) is 1.84. The van der Waals surface area contributed by atoms with E-state index in [1.54, 1.807) is 14.2 Å². The van der Waals surface area contributed by atoms with Gasteiger partial charge in [-0.2, -0.15) is 0 Å². The number of hydrogen-bond acceptors (Lipinski definition) is 3. The van der Waals surface area contributed by atoms with Gasteiger partial charge in [-0.25, -0.2) is 0 Å². The first-order chi connectivity index (χ1) is 9.97. The number of nitrogens with one attached hydrogen (secondary N) is 3. The highest BCUT2D eigenvalue weighted by molar-refractivity contribution is 9.10. The lowest BCUT2D eigenvalue weighted by Gasteiger charge is -2.30. The summed E-state index contributed by atoms with van der Waals surface area (Å²) in [6, 6.07) is 5.37. The molecule has 112 valence electrons. The van der Waals surface area contributed by atoms with Crippen molar-refractivity contribution in [2.45, 2.75) is 13.0 Å². The number of halogens is 1. The second kappa shape index (κ2) is 6.44. The minimum Gasteiger partial charge on any atom is -0.496 e. The second-order valence-electron chi connectivity index (χ2n) is 4.54. The lowest BCUT2D eigenvalue weighted by molar-refractivity contribution is -0.117. The molecule has 1 aromatic rings. The summed E-state index contributed by atoms with van der Waals surface area (Å²) in [5.74, 6) is 0.587. The van der Waals surface area contributed by atoms with Gasteiger partial charge < -0.3 is 20.7 Å². The van der Waals surface area contributed by atoms with E-state index in [4.69, 9.17) is 17.0 Å². The van der Waals surface area contributed by atoms with E-state index in [2.05, 4.69) is 31.9 Å². The SMILES string of the molecule is CNC(=O)C1=C(C)NC(=S)NC1c1ccc(OC)c(Br)c1. The molecule has 0 saturated heterocycles. The Bertz CT molecular complexity index is 631. The molecule has 0 bridgehead atoms. The fourth-order valence-electron chi connectivity index (χ4n) is 2.24. The van der Waals surface area contributed by atoms with Crippen molar-refractivity contribution in [3.63, 3.8) is 0 Å². The lowest BCUT2D eigenvalue weighted by atomic mass is 9.95. The molecule has 1 amide bonds. The van der Waals surface area contributed by atoms with Gasteiger partial charge in [0.15, 0.2) is 5.11 Å². The Morgan fingerprint density at radius 3 is 2.76 bits per heavy atom. The third kappa shape index (κ3) is 3.19. The van der Waals surface area contributed by atoms with Crippen LogP contribution in [0.3, 0.4) is 0 Å². The number of ether oxygens (including phenoxy) is 1. The average molecular weight is 370 g/mol. The number of likely N-dealkylation sites (N-methyl/N-ethyl adjacent to an activating group) is 1. The normalized spacial score (nSPS) is 17.9. The van der Waals surface area contributed by atoms with Crippen LogP contribution >= 0.6 is 28.1 Å². The summed E-state index contributed by atoms with van der Waals surface area (Å²) in [4.78, 5) is 12.1. The number of amides is 1. The smallest absolute Gasteiger partial charge is 0.251 e. The Hall–Kier alpha value is -1.60. The number of carbonyl (C=O) groups excluding carboxylic acids is 1. The third-order valence-electron chi connectivity index (χ3n) is 3.25. The van der Waals surface area contributed by atoms with Crippen molar-refractivity contribution in [1.82, 2.24) is 16.0 Å². The average Bonchev–Trinajstić information content (AvgIpc) is 2.45. The standard InChI is InChI=1S/C14H16BrN3O2S/c1-7-11(13(19)16-2)12(18-14(21)17-7)8-4-5-10(20-3)9(15)6-8/h4-6,12H,1-3H3,(H,16,19)(H2,17,18,21). The van der Waals surface area contributed by atoms with E-state index in [1.807, 2.05) is 25.1 Å². The van der Waals surface area contributed by atoms with Crippen molar-refractivity contribution in [1.29, 1.82) is 0 Å². The van der Waals surface area contributed by atoms with Gasteiger partial charge in [0.1, 0.15) is 5.75 Å². The van der Waals surface area contributed by atoms with Crippen molar-refractivity contribution in [3.05, 3.63) is 39.5 Å². The molecule has 0 radical (unpaired) electrons. The second-order valence-corrected chi connectivity index (χ2v) is 5.81. The minimum absolute atomic E-state index is 0.146. The molecular formula is C14H16BrN3O2S. The maximum atomic E-state index is 12.1. The molecule has 21 heavy (non-hydrogen) atoms. The van der Waals surface area contributed by atoms with Gasteiger partial charge in [0.05, 0.1) is 23.2 Å². The molecule has 0 spiro atoms. The molecule has 7 heteroatoms. The van der Waals surface area contributed by atoms with Crippen LogP contribution in [0.15, 0.2) is 33.9 Å². The quantitative estimate of drug-likeness (QED) is 0.711. The zero-order chi connectivity index (χ0) is 15.6. The Morgan fingerprint density at radius 1 is 1.48 bits per heavy atom. The Labute approximate surface area is 137 Å². The van der Waals surface area contributed by atoms with Crippen LogP contribution in [-0.2, 0) is 4.79 Å². The van der Waals surface area contributed by atoms with Crippen LogP contribution in [0.4, 0.5) is 0 Å². The molecule has 1 atom stereocenters. The third-order valence-corrected chi connectivity index (χ3v) is 4.09. The summed E-state index contributed by atoms with van der Waals surface area (Å²) < 4.78 is 6.05. The summed E-state index contributed by atoms with van der Waals surface area (Å²) in [7, 11) is 3.22. The van der Waals surface area contributed by atoms with Gasteiger partial charge in [-0.15, -0.1) is 0 Å². The van der Waals surface area contributed by atoms with Gasteiger partial charge >= 0.3 is 0 Å². The molecule has 1 aromatic carbocycles.